The number of rotatable bonds is 5. The number of hydrogen-bond donors (Lipinski definition) is 4. The van der Waals surface area contributed by atoms with Crippen molar-refractivity contribution in [2.24, 2.45) is 0 Å². The molecule has 0 fully saturated rings. The van der Waals surface area contributed by atoms with Gasteiger partial charge in [0.1, 0.15) is 12.3 Å². The van der Waals surface area contributed by atoms with Gasteiger partial charge >= 0.3 is 5.97 Å². The number of carboxylic acids is 1. The Labute approximate surface area is 131 Å². The number of amides is 2. The molecule has 2 rings (SSSR count). The third-order valence-electron chi connectivity index (χ3n) is 2.97. The van der Waals surface area contributed by atoms with Gasteiger partial charge in [-0.05, 0) is 24.3 Å². The van der Waals surface area contributed by atoms with Gasteiger partial charge in [0.25, 0.3) is 11.8 Å². The minimum atomic E-state index is -1.17. The molecule has 0 aliphatic rings. The maximum atomic E-state index is 12.2. The van der Waals surface area contributed by atoms with Crippen LogP contribution in [0.15, 0.2) is 48.5 Å². The van der Waals surface area contributed by atoms with Gasteiger partial charge in [-0.1, -0.05) is 24.3 Å². The Kier molecular flexibility index (Phi) is 4.93. The number of nitrogens with one attached hydrogen (secondary N) is 2. The zero-order chi connectivity index (χ0) is 16.8. The van der Waals surface area contributed by atoms with Crippen LogP contribution in [0, 0.1) is 0 Å². The Morgan fingerprint density at radius 3 is 2.13 bits per heavy atom. The van der Waals surface area contributed by atoms with Crippen molar-refractivity contribution in [1.82, 2.24) is 5.32 Å². The van der Waals surface area contributed by atoms with Crippen molar-refractivity contribution < 1.29 is 24.6 Å². The molecular formula is C16H14N2O5. The van der Waals surface area contributed by atoms with Crippen LogP contribution in [0.2, 0.25) is 0 Å². The quantitative estimate of drug-likeness (QED) is 0.667. The maximum absolute atomic E-state index is 12.2. The van der Waals surface area contributed by atoms with E-state index >= 15 is 0 Å². The second kappa shape index (κ2) is 7.08. The van der Waals surface area contributed by atoms with Crippen molar-refractivity contribution in [2.45, 2.75) is 0 Å². The molecule has 2 aromatic carbocycles. The fraction of sp³-hybridized carbons (Fsp3) is 0.0625. The van der Waals surface area contributed by atoms with Crippen LogP contribution in [0.5, 0.6) is 5.75 Å². The van der Waals surface area contributed by atoms with Crippen LogP contribution >= 0.6 is 0 Å². The lowest BCUT2D eigenvalue weighted by atomic mass is 10.1. The monoisotopic (exact) mass is 314 g/mol. The maximum Gasteiger partial charge on any atom is 0.322 e. The summed E-state index contributed by atoms with van der Waals surface area (Å²) >= 11 is 0. The van der Waals surface area contributed by atoms with E-state index in [1.54, 1.807) is 24.3 Å². The van der Waals surface area contributed by atoms with E-state index in [-0.39, 0.29) is 22.6 Å². The van der Waals surface area contributed by atoms with Gasteiger partial charge in [0, 0.05) is 0 Å². The molecule has 0 aliphatic heterocycles. The largest absolute Gasteiger partial charge is 0.507 e. The highest BCUT2D eigenvalue weighted by molar-refractivity contribution is 6.10. The minimum absolute atomic E-state index is 0.0632. The van der Waals surface area contributed by atoms with Crippen LogP contribution in [0.25, 0.3) is 0 Å². The first-order chi connectivity index (χ1) is 11.0. The third kappa shape index (κ3) is 4.07. The summed E-state index contributed by atoms with van der Waals surface area (Å²) in [5, 5.41) is 23.0. The Morgan fingerprint density at radius 1 is 0.870 bits per heavy atom. The molecule has 0 aliphatic carbocycles. The van der Waals surface area contributed by atoms with E-state index in [4.69, 9.17) is 5.11 Å². The first-order valence-corrected chi connectivity index (χ1v) is 6.67. The van der Waals surface area contributed by atoms with Gasteiger partial charge in [-0.15, -0.1) is 0 Å². The number of carbonyl (C=O) groups excluding carboxylic acids is 2. The first kappa shape index (κ1) is 16.0. The SMILES string of the molecule is O=C(O)CNC(=O)c1ccccc1NC(=O)c1ccccc1O. The molecule has 2 amide bonds. The summed E-state index contributed by atoms with van der Waals surface area (Å²) in [6.45, 7) is -0.527. The number of para-hydroxylation sites is 2. The van der Waals surface area contributed by atoms with Gasteiger partial charge in [0.15, 0.2) is 0 Å². The molecule has 0 atom stereocenters. The Balaban J connectivity index is 2.20. The molecule has 4 N–H and O–H groups in total. The Morgan fingerprint density at radius 2 is 1.48 bits per heavy atom. The molecule has 2 aromatic rings. The molecule has 0 saturated heterocycles. The number of hydrogen-bond acceptors (Lipinski definition) is 4. The van der Waals surface area contributed by atoms with Crippen molar-refractivity contribution >= 4 is 23.5 Å². The van der Waals surface area contributed by atoms with Crippen molar-refractivity contribution in [1.29, 1.82) is 0 Å². The van der Waals surface area contributed by atoms with Crippen LogP contribution in [-0.4, -0.2) is 34.5 Å². The number of anilines is 1. The van der Waals surface area contributed by atoms with Crippen molar-refractivity contribution in [3.05, 3.63) is 59.7 Å². The van der Waals surface area contributed by atoms with Crippen molar-refractivity contribution in [3.63, 3.8) is 0 Å². The Hall–Kier alpha value is -3.35. The molecule has 0 radical (unpaired) electrons. The van der Waals surface area contributed by atoms with Crippen LogP contribution < -0.4 is 10.6 Å². The fourth-order valence-corrected chi connectivity index (χ4v) is 1.90. The van der Waals surface area contributed by atoms with Crippen LogP contribution in [0.4, 0.5) is 5.69 Å². The molecule has 0 aromatic heterocycles. The number of aliphatic carboxylic acids is 1. The second-order valence-corrected chi connectivity index (χ2v) is 4.59. The fourth-order valence-electron chi connectivity index (χ4n) is 1.90. The number of benzene rings is 2. The summed E-state index contributed by atoms with van der Waals surface area (Å²) in [6, 6.07) is 12.2. The highest BCUT2D eigenvalue weighted by Crippen LogP contribution is 2.20. The average molecular weight is 314 g/mol. The average Bonchev–Trinajstić information content (AvgIpc) is 2.53. The standard InChI is InChI=1S/C16H14N2O5/c19-13-8-4-2-6-11(13)16(23)18-12-7-3-1-5-10(12)15(22)17-9-14(20)21/h1-8,19H,9H2,(H,17,22)(H,18,23)(H,20,21). The van der Waals surface area contributed by atoms with Crippen LogP contribution in [-0.2, 0) is 4.79 Å². The number of carboxylic acid groups (broad SMARTS) is 1. The van der Waals surface area contributed by atoms with E-state index < -0.39 is 24.3 Å². The number of phenols is 1. The number of phenolic OH excluding ortho intramolecular Hbond substituents is 1. The summed E-state index contributed by atoms with van der Waals surface area (Å²) < 4.78 is 0. The highest BCUT2D eigenvalue weighted by Gasteiger charge is 2.16. The normalized spacial score (nSPS) is 9.91. The summed E-state index contributed by atoms with van der Waals surface area (Å²) in [4.78, 5) is 34.7. The second-order valence-electron chi connectivity index (χ2n) is 4.59. The van der Waals surface area contributed by atoms with Crippen LogP contribution in [0.3, 0.4) is 0 Å². The molecule has 23 heavy (non-hydrogen) atoms. The summed E-state index contributed by atoms with van der Waals surface area (Å²) in [5.74, 6) is -2.56. The summed E-state index contributed by atoms with van der Waals surface area (Å²) in [6.07, 6.45) is 0. The van der Waals surface area contributed by atoms with E-state index in [9.17, 15) is 19.5 Å². The molecule has 7 nitrogen and oxygen atoms in total. The summed E-state index contributed by atoms with van der Waals surface area (Å²) in [7, 11) is 0. The predicted octanol–water partition coefficient (Wildman–Crippen LogP) is 1.46. The van der Waals surface area contributed by atoms with Crippen LogP contribution in [0.1, 0.15) is 20.7 Å². The molecular weight excluding hydrogens is 300 g/mol. The van der Waals surface area contributed by atoms with Gasteiger partial charge in [-0.3, -0.25) is 14.4 Å². The molecule has 0 unspecified atom stereocenters. The predicted molar refractivity (Wildman–Crippen MR) is 82.5 cm³/mol. The lowest BCUT2D eigenvalue weighted by molar-refractivity contribution is -0.135. The van der Waals surface area contributed by atoms with E-state index in [0.717, 1.165) is 0 Å². The third-order valence-corrected chi connectivity index (χ3v) is 2.97. The molecule has 118 valence electrons. The van der Waals surface area contributed by atoms with E-state index in [0.29, 0.717) is 0 Å². The first-order valence-electron chi connectivity index (χ1n) is 6.67. The number of aromatic hydroxyl groups is 1. The lowest BCUT2D eigenvalue weighted by Gasteiger charge is -2.11. The van der Waals surface area contributed by atoms with Crippen molar-refractivity contribution in [2.75, 3.05) is 11.9 Å². The van der Waals surface area contributed by atoms with E-state index in [2.05, 4.69) is 10.6 Å². The van der Waals surface area contributed by atoms with E-state index in [1.807, 2.05) is 0 Å². The lowest BCUT2D eigenvalue weighted by Crippen LogP contribution is -2.30. The summed E-state index contributed by atoms with van der Waals surface area (Å²) in [5.41, 5.74) is 0.398. The van der Waals surface area contributed by atoms with Gasteiger partial charge in [-0.25, -0.2) is 0 Å². The van der Waals surface area contributed by atoms with Gasteiger partial charge < -0.3 is 20.8 Å². The molecule has 0 spiro atoms. The highest BCUT2D eigenvalue weighted by atomic mass is 16.4. The zero-order valence-corrected chi connectivity index (χ0v) is 11.9. The van der Waals surface area contributed by atoms with Gasteiger partial charge in [0.05, 0.1) is 16.8 Å². The number of carbonyl (C=O) groups is 3. The van der Waals surface area contributed by atoms with E-state index in [1.165, 1.54) is 24.3 Å². The Bertz CT molecular complexity index is 758. The zero-order valence-electron chi connectivity index (χ0n) is 11.9. The molecule has 0 bridgehead atoms. The topological polar surface area (TPSA) is 116 Å². The molecule has 0 heterocycles. The molecule has 7 heteroatoms. The van der Waals surface area contributed by atoms with Gasteiger partial charge in [0.2, 0.25) is 0 Å². The smallest absolute Gasteiger partial charge is 0.322 e. The minimum Gasteiger partial charge on any atom is -0.507 e. The van der Waals surface area contributed by atoms with Crippen molar-refractivity contribution in [3.8, 4) is 5.75 Å². The molecule has 0 saturated carbocycles. The van der Waals surface area contributed by atoms with Gasteiger partial charge in [-0.2, -0.15) is 0 Å².